The Morgan fingerprint density at radius 1 is 1.31 bits per heavy atom. The number of carbonyl (C=O) groups excluding carboxylic acids is 1. The summed E-state index contributed by atoms with van der Waals surface area (Å²) in [7, 11) is 6.81. The van der Waals surface area contributed by atoms with E-state index >= 15 is 0 Å². The smallest absolute Gasteiger partial charge is 0.147 e. The first-order valence-electron chi connectivity index (χ1n) is 5.01. The first-order chi connectivity index (χ1) is 7.52. The van der Waals surface area contributed by atoms with E-state index in [1.165, 1.54) is 0 Å². The lowest BCUT2D eigenvalue weighted by Gasteiger charge is -2.12. The van der Waals surface area contributed by atoms with Crippen LogP contribution in [0.5, 0.6) is 0 Å². The average Bonchev–Trinajstić information content (AvgIpc) is 2.22. The maximum Gasteiger partial charge on any atom is 0.147 e. The summed E-state index contributed by atoms with van der Waals surface area (Å²) in [6.45, 7) is 3.24. The first kappa shape index (κ1) is 15.7. The average molecular weight is 264 g/mol. The van der Waals surface area contributed by atoms with Crippen molar-refractivity contribution < 1.29 is 9.90 Å². The molecule has 3 N–H and O–H groups in total. The van der Waals surface area contributed by atoms with Crippen molar-refractivity contribution in [2.24, 2.45) is 0 Å². The molecule has 0 aliphatic heterocycles. The molecule has 0 aromatic carbocycles. The van der Waals surface area contributed by atoms with Crippen LogP contribution in [0.1, 0.15) is 13.8 Å². The molecule has 0 saturated carbocycles. The van der Waals surface area contributed by atoms with E-state index in [0.717, 1.165) is 11.4 Å². The van der Waals surface area contributed by atoms with E-state index in [9.17, 15) is 9.90 Å². The zero-order chi connectivity index (χ0) is 12.6. The number of likely N-dealkylation sites (N-methyl/N-ethyl adjacent to an activating group) is 1. The van der Waals surface area contributed by atoms with Crippen molar-refractivity contribution in [3.63, 3.8) is 0 Å². The van der Waals surface area contributed by atoms with E-state index in [-0.39, 0.29) is 11.8 Å². The first-order valence-corrected chi connectivity index (χ1v) is 7.50. The molecule has 0 amide bonds. The Morgan fingerprint density at radius 2 is 1.94 bits per heavy atom. The Kier molecular flexibility index (Phi) is 8.60. The molecule has 6 heteroatoms. The molecular weight excluding hydrogens is 244 g/mol. The van der Waals surface area contributed by atoms with Gasteiger partial charge in [-0.1, -0.05) is 21.6 Å². The highest BCUT2D eigenvalue weighted by Gasteiger charge is 2.11. The fraction of sp³-hybridized carbons (Fsp3) is 0.700. The summed E-state index contributed by atoms with van der Waals surface area (Å²) >= 11 is 0. The van der Waals surface area contributed by atoms with Gasteiger partial charge < -0.3 is 15.7 Å². The van der Waals surface area contributed by atoms with Crippen molar-refractivity contribution in [2.75, 3.05) is 25.6 Å². The molecule has 4 nitrogen and oxygen atoms in total. The van der Waals surface area contributed by atoms with Gasteiger partial charge >= 0.3 is 0 Å². The molecule has 0 bridgehead atoms. The number of nitrogens with one attached hydrogen (secondary N) is 2. The van der Waals surface area contributed by atoms with Crippen LogP contribution in [0, 0.1) is 0 Å². The molecule has 0 aliphatic rings. The Bertz CT molecular complexity index is 253. The molecule has 0 aromatic rings. The van der Waals surface area contributed by atoms with Gasteiger partial charge in [0, 0.05) is 18.6 Å². The molecule has 0 fully saturated rings. The summed E-state index contributed by atoms with van der Waals surface area (Å²) in [6.07, 6.45) is 0. The monoisotopic (exact) mass is 264 g/mol. The summed E-state index contributed by atoms with van der Waals surface area (Å²) in [5.41, 5.74) is 0.821. The van der Waals surface area contributed by atoms with Crippen molar-refractivity contribution in [3.8, 4) is 0 Å². The fourth-order valence-electron chi connectivity index (χ4n) is 0.978. The number of allylic oxidation sites excluding steroid dienone is 1. The number of carbonyl (C=O) groups is 1. The van der Waals surface area contributed by atoms with Gasteiger partial charge in [-0.05, 0) is 20.9 Å². The summed E-state index contributed by atoms with van der Waals surface area (Å²) in [5.74, 6) is 1.90. The predicted molar refractivity (Wildman–Crippen MR) is 72.8 cm³/mol. The molecule has 1 unspecified atom stereocenters. The van der Waals surface area contributed by atoms with Gasteiger partial charge in [-0.2, -0.15) is 0 Å². The lowest BCUT2D eigenvalue weighted by atomic mass is 10.2. The van der Waals surface area contributed by atoms with Crippen molar-refractivity contribution in [1.29, 1.82) is 0 Å². The summed E-state index contributed by atoms with van der Waals surface area (Å²) in [6, 6.07) is -0.0882. The lowest BCUT2D eigenvalue weighted by molar-refractivity contribution is -0.118. The van der Waals surface area contributed by atoms with Gasteiger partial charge in [-0.25, -0.2) is 0 Å². The Balaban J connectivity index is 3.83. The third-order valence-corrected chi connectivity index (χ3v) is 4.40. The van der Waals surface area contributed by atoms with E-state index < -0.39 is 0 Å². The van der Waals surface area contributed by atoms with Crippen LogP contribution in [0.2, 0.25) is 0 Å². The van der Waals surface area contributed by atoms with E-state index in [1.54, 1.807) is 49.5 Å². The Morgan fingerprint density at radius 3 is 2.31 bits per heavy atom. The molecule has 0 spiro atoms. The van der Waals surface area contributed by atoms with Crippen LogP contribution in [0.4, 0.5) is 0 Å². The molecule has 0 aliphatic carbocycles. The molecule has 0 radical (unpaired) electrons. The third kappa shape index (κ3) is 6.30. The molecule has 0 rings (SSSR count). The summed E-state index contributed by atoms with van der Waals surface area (Å²) in [4.78, 5) is 11.1. The molecular formula is C10H20N2O2S2. The number of ketones is 1. The maximum absolute atomic E-state index is 11.1. The molecule has 16 heavy (non-hydrogen) atoms. The number of Topliss-reactive ketones (excluding diaryl/α,β-unsaturated/α-hetero) is 1. The minimum Gasteiger partial charge on any atom is -0.511 e. The number of aliphatic hydroxyl groups is 1. The molecule has 0 heterocycles. The van der Waals surface area contributed by atoms with Crippen LogP contribution < -0.4 is 10.6 Å². The molecule has 0 aromatic heterocycles. The summed E-state index contributed by atoms with van der Waals surface area (Å²) in [5, 5.41) is 15.2. The van der Waals surface area contributed by atoms with Crippen LogP contribution in [0.15, 0.2) is 11.5 Å². The number of hydrogen-bond acceptors (Lipinski definition) is 6. The van der Waals surface area contributed by atoms with E-state index in [0.29, 0.717) is 11.5 Å². The van der Waals surface area contributed by atoms with Gasteiger partial charge in [0.1, 0.15) is 11.5 Å². The SMILES string of the molecule is CNC(CSSCC(NC)C(C)=O)=C(C)O. The van der Waals surface area contributed by atoms with Gasteiger partial charge in [0.05, 0.1) is 11.7 Å². The normalized spacial score (nSPS) is 14.2. The standard InChI is InChI=1S/C10H20N2O2S2/c1-7(13)9(11-3)5-15-16-6-10(12-4)8(2)14/h9,11-12,14H,5-6H2,1-4H3. The van der Waals surface area contributed by atoms with Crippen LogP contribution in [0.25, 0.3) is 0 Å². The van der Waals surface area contributed by atoms with E-state index in [4.69, 9.17) is 0 Å². The van der Waals surface area contributed by atoms with E-state index in [2.05, 4.69) is 10.6 Å². The second-order valence-corrected chi connectivity index (χ2v) is 5.82. The van der Waals surface area contributed by atoms with Crippen molar-refractivity contribution in [1.82, 2.24) is 10.6 Å². The zero-order valence-corrected chi connectivity index (χ0v) is 11.8. The van der Waals surface area contributed by atoms with Gasteiger partial charge in [0.2, 0.25) is 0 Å². The highest BCUT2D eigenvalue weighted by atomic mass is 33.1. The Labute approximate surface area is 105 Å². The van der Waals surface area contributed by atoms with Crippen LogP contribution in [-0.2, 0) is 4.79 Å². The summed E-state index contributed by atoms with van der Waals surface area (Å²) < 4.78 is 0. The number of aliphatic hydroxyl groups excluding tert-OH is 1. The number of hydrogen-bond donors (Lipinski definition) is 3. The van der Waals surface area contributed by atoms with Crippen LogP contribution in [0.3, 0.4) is 0 Å². The Hall–Kier alpha value is -0.330. The lowest BCUT2D eigenvalue weighted by Crippen LogP contribution is -2.34. The van der Waals surface area contributed by atoms with Crippen molar-refractivity contribution >= 4 is 27.4 Å². The quantitative estimate of drug-likeness (QED) is 0.351. The molecule has 1 atom stereocenters. The zero-order valence-electron chi connectivity index (χ0n) is 10.2. The second-order valence-electron chi connectivity index (χ2n) is 3.31. The third-order valence-electron chi connectivity index (χ3n) is 2.10. The van der Waals surface area contributed by atoms with Crippen LogP contribution >= 0.6 is 21.6 Å². The highest BCUT2D eigenvalue weighted by molar-refractivity contribution is 8.76. The number of rotatable bonds is 8. The highest BCUT2D eigenvalue weighted by Crippen LogP contribution is 2.24. The predicted octanol–water partition coefficient (Wildman–Crippen LogP) is 1.55. The van der Waals surface area contributed by atoms with Crippen LogP contribution in [-0.4, -0.2) is 42.5 Å². The van der Waals surface area contributed by atoms with Crippen molar-refractivity contribution in [3.05, 3.63) is 11.5 Å². The minimum atomic E-state index is -0.0882. The van der Waals surface area contributed by atoms with Gasteiger partial charge in [-0.15, -0.1) is 0 Å². The van der Waals surface area contributed by atoms with E-state index in [1.807, 2.05) is 0 Å². The topological polar surface area (TPSA) is 61.4 Å². The minimum absolute atomic E-state index is 0.0882. The molecule has 94 valence electrons. The van der Waals surface area contributed by atoms with Gasteiger partial charge in [0.25, 0.3) is 0 Å². The largest absolute Gasteiger partial charge is 0.511 e. The maximum atomic E-state index is 11.1. The molecule has 0 saturated heterocycles. The van der Waals surface area contributed by atoms with Gasteiger partial charge in [-0.3, -0.25) is 4.79 Å². The van der Waals surface area contributed by atoms with Gasteiger partial charge in [0.15, 0.2) is 0 Å². The fourth-order valence-corrected chi connectivity index (χ4v) is 3.47. The van der Waals surface area contributed by atoms with Crippen molar-refractivity contribution in [2.45, 2.75) is 19.9 Å². The second kappa shape index (κ2) is 8.78.